The van der Waals surface area contributed by atoms with Crippen LogP contribution in [0.15, 0.2) is 23.5 Å². The Morgan fingerprint density at radius 3 is 2.62 bits per heavy atom. The number of hydrogen-bond donors (Lipinski definition) is 6. The molecule has 1 saturated heterocycles. The number of aromatic amines is 1. The van der Waals surface area contributed by atoms with Crippen LogP contribution in [0.3, 0.4) is 0 Å². The quantitative estimate of drug-likeness (QED) is 0.197. The summed E-state index contributed by atoms with van der Waals surface area (Å²) in [5, 5.41) is 53.3. The number of piperidine rings is 1. The summed E-state index contributed by atoms with van der Waals surface area (Å²) in [5.74, 6) is -7.90. The van der Waals surface area contributed by atoms with Gasteiger partial charge in [-0.25, -0.2) is 9.69 Å². The van der Waals surface area contributed by atoms with E-state index in [0.717, 1.165) is 0 Å². The Bertz CT molecular complexity index is 828. The number of H-pyrrole nitrogens is 1. The third-order valence-electron chi connectivity index (χ3n) is 4.73. The molecule has 0 spiro atoms. The molecule has 2 atom stereocenters. The van der Waals surface area contributed by atoms with Crippen LogP contribution in [0.5, 0.6) is 0 Å². The first kappa shape index (κ1) is 22.3. The van der Waals surface area contributed by atoms with Gasteiger partial charge in [0.05, 0.1) is 6.07 Å². The van der Waals surface area contributed by atoms with Crippen LogP contribution in [-0.2, 0) is 4.79 Å². The van der Waals surface area contributed by atoms with Crippen LogP contribution < -0.4 is 5.32 Å². The molecule has 1 aliphatic rings. The minimum Gasteiger partial charge on any atom is -0.367 e. The summed E-state index contributed by atoms with van der Waals surface area (Å²) in [6.45, 7) is 1.52. The van der Waals surface area contributed by atoms with Gasteiger partial charge in [0.2, 0.25) is 5.91 Å². The van der Waals surface area contributed by atoms with Gasteiger partial charge in [-0.1, -0.05) is 6.92 Å². The number of nitrogens with one attached hydrogen (secondary N) is 2. The van der Waals surface area contributed by atoms with Crippen molar-refractivity contribution < 1.29 is 30.0 Å². The summed E-state index contributed by atoms with van der Waals surface area (Å²) in [6, 6.07) is 1.12. The predicted octanol–water partition coefficient (Wildman–Crippen LogP) is -1.54. The fourth-order valence-electron chi connectivity index (χ4n) is 3.68. The highest BCUT2D eigenvalue weighted by Gasteiger charge is 2.61. The lowest BCUT2D eigenvalue weighted by Crippen LogP contribution is -2.76. The van der Waals surface area contributed by atoms with E-state index in [1.54, 1.807) is 18.3 Å². The Morgan fingerprint density at radius 1 is 1.45 bits per heavy atom. The molecule has 1 aliphatic heterocycles. The number of urea groups is 1. The van der Waals surface area contributed by atoms with E-state index in [1.807, 2.05) is 0 Å². The third kappa shape index (κ3) is 4.22. The topological polar surface area (TPSA) is 186 Å². The van der Waals surface area contributed by atoms with Crippen molar-refractivity contribution in [2.45, 2.75) is 37.6 Å². The molecule has 3 amide bonds. The van der Waals surface area contributed by atoms with Crippen LogP contribution in [0, 0.1) is 17.2 Å². The summed E-state index contributed by atoms with van der Waals surface area (Å²) in [4.78, 5) is 32.2. The van der Waals surface area contributed by atoms with Crippen LogP contribution in [0.2, 0.25) is 0 Å². The Balaban J connectivity index is 2.55. The number of aliphatic hydroxyl groups is 4. The molecule has 158 valence electrons. The zero-order chi connectivity index (χ0) is 22.0. The molecule has 0 radical (unpaired) electrons. The standard InChI is InChI=1S/C17H24N6O6/c1-10-8-16(26,27)23(12(24)4-6-18)17(28,29)13(10)22(3)14(21-15(25)19-2)11-5-7-20-9-11/h5,7,9-10,13,20,26-29H,4,8H2,1-3H3,(H,19,25). The van der Waals surface area contributed by atoms with E-state index in [4.69, 9.17) is 5.26 Å². The zero-order valence-corrected chi connectivity index (χ0v) is 16.2. The molecule has 29 heavy (non-hydrogen) atoms. The minimum atomic E-state index is -3.09. The molecule has 2 rings (SSSR count). The first-order valence-corrected chi connectivity index (χ1v) is 8.73. The van der Waals surface area contributed by atoms with E-state index < -0.39 is 48.6 Å². The second-order valence-electron chi connectivity index (χ2n) is 6.85. The third-order valence-corrected chi connectivity index (χ3v) is 4.73. The summed E-state index contributed by atoms with van der Waals surface area (Å²) < 4.78 is 0. The molecule has 1 aromatic rings. The van der Waals surface area contributed by atoms with Gasteiger partial charge in [0, 0.05) is 38.5 Å². The maximum atomic E-state index is 12.3. The molecule has 12 nitrogen and oxygen atoms in total. The van der Waals surface area contributed by atoms with Crippen molar-refractivity contribution in [2.24, 2.45) is 10.9 Å². The summed E-state index contributed by atoms with van der Waals surface area (Å²) in [6.07, 6.45) is 1.87. The number of aliphatic imine (C=N–C) groups is 1. The normalized spacial score (nSPS) is 23.2. The second kappa shape index (κ2) is 8.18. The van der Waals surface area contributed by atoms with Gasteiger partial charge in [-0.3, -0.25) is 4.79 Å². The Labute approximate surface area is 166 Å². The molecule has 12 heteroatoms. The Kier molecular flexibility index (Phi) is 6.29. The molecule has 0 bridgehead atoms. The molecular formula is C17H24N6O6. The van der Waals surface area contributed by atoms with Gasteiger partial charge in [0.1, 0.15) is 18.3 Å². The van der Waals surface area contributed by atoms with Crippen LogP contribution in [-0.4, -0.2) is 84.9 Å². The fourth-order valence-corrected chi connectivity index (χ4v) is 3.68. The van der Waals surface area contributed by atoms with Crippen molar-refractivity contribution in [3.63, 3.8) is 0 Å². The highest BCUT2D eigenvalue weighted by atomic mass is 16.6. The molecule has 0 aromatic carbocycles. The van der Waals surface area contributed by atoms with E-state index in [-0.39, 0.29) is 10.7 Å². The van der Waals surface area contributed by atoms with Crippen LogP contribution >= 0.6 is 0 Å². The summed E-state index contributed by atoms with van der Waals surface area (Å²) >= 11 is 0. The number of amides is 3. The zero-order valence-electron chi connectivity index (χ0n) is 16.2. The molecule has 6 N–H and O–H groups in total. The highest BCUT2D eigenvalue weighted by Crippen LogP contribution is 2.40. The van der Waals surface area contributed by atoms with E-state index in [2.05, 4.69) is 15.3 Å². The second-order valence-corrected chi connectivity index (χ2v) is 6.85. The van der Waals surface area contributed by atoms with Crippen molar-refractivity contribution in [1.82, 2.24) is 20.1 Å². The van der Waals surface area contributed by atoms with Gasteiger partial charge >= 0.3 is 6.03 Å². The molecule has 2 unspecified atom stereocenters. The maximum Gasteiger partial charge on any atom is 0.342 e. The van der Waals surface area contributed by atoms with E-state index in [1.165, 1.54) is 32.1 Å². The lowest BCUT2D eigenvalue weighted by atomic mass is 9.85. The van der Waals surface area contributed by atoms with E-state index >= 15 is 0 Å². The van der Waals surface area contributed by atoms with Crippen molar-refractivity contribution in [1.29, 1.82) is 5.26 Å². The summed E-state index contributed by atoms with van der Waals surface area (Å²) in [7, 11) is 2.80. The number of likely N-dealkylation sites (N-methyl/N-ethyl adjacent to an activating group) is 1. The predicted molar refractivity (Wildman–Crippen MR) is 98.5 cm³/mol. The SMILES string of the molecule is CNC(=O)N=C(c1cc[nH]c1)N(C)C1C(C)CC(O)(O)N(C(=O)CC#N)C1(O)O. The molecule has 1 fully saturated rings. The number of hydrogen-bond acceptors (Lipinski definition) is 7. The number of rotatable bonds is 3. The maximum absolute atomic E-state index is 12.3. The number of aromatic nitrogens is 1. The van der Waals surface area contributed by atoms with Crippen LogP contribution in [0.4, 0.5) is 4.79 Å². The number of likely N-dealkylation sites (tertiary alicyclic amines) is 1. The van der Waals surface area contributed by atoms with Gasteiger partial charge in [0.25, 0.3) is 11.8 Å². The Morgan fingerprint density at radius 2 is 2.10 bits per heavy atom. The van der Waals surface area contributed by atoms with Gasteiger partial charge in [0.15, 0.2) is 0 Å². The minimum absolute atomic E-state index is 0.0472. The molecular weight excluding hydrogens is 384 g/mol. The Hall–Kier alpha value is -2.98. The lowest BCUT2D eigenvalue weighted by molar-refractivity contribution is -0.409. The molecule has 0 saturated carbocycles. The molecule has 1 aromatic heterocycles. The van der Waals surface area contributed by atoms with Crippen molar-refractivity contribution >= 4 is 17.8 Å². The number of nitrogens with zero attached hydrogens (tertiary/aromatic N) is 4. The van der Waals surface area contributed by atoms with Crippen LogP contribution in [0.25, 0.3) is 0 Å². The smallest absolute Gasteiger partial charge is 0.342 e. The fraction of sp³-hybridized carbons (Fsp3) is 0.529. The highest BCUT2D eigenvalue weighted by molar-refractivity contribution is 6.04. The summed E-state index contributed by atoms with van der Waals surface area (Å²) in [5.41, 5.74) is 0.443. The average molecular weight is 408 g/mol. The number of carbonyl (C=O) groups excluding carboxylic acids is 2. The van der Waals surface area contributed by atoms with Crippen molar-refractivity contribution in [2.75, 3.05) is 14.1 Å². The number of nitriles is 1. The lowest BCUT2D eigenvalue weighted by Gasteiger charge is -2.55. The first-order valence-electron chi connectivity index (χ1n) is 8.73. The van der Waals surface area contributed by atoms with Gasteiger partial charge in [-0.2, -0.15) is 10.3 Å². The van der Waals surface area contributed by atoms with Gasteiger partial charge in [-0.15, -0.1) is 0 Å². The van der Waals surface area contributed by atoms with Gasteiger partial charge in [-0.05, 0) is 12.0 Å². The number of amidine groups is 1. The van der Waals surface area contributed by atoms with Crippen LogP contribution in [0.1, 0.15) is 25.3 Å². The van der Waals surface area contributed by atoms with E-state index in [0.29, 0.717) is 5.56 Å². The van der Waals surface area contributed by atoms with Gasteiger partial charge < -0.3 is 35.6 Å². The number of carbonyl (C=O) groups is 2. The largest absolute Gasteiger partial charge is 0.367 e. The molecule has 0 aliphatic carbocycles. The first-order chi connectivity index (χ1) is 13.5. The monoisotopic (exact) mass is 408 g/mol. The average Bonchev–Trinajstić information content (AvgIpc) is 3.11. The van der Waals surface area contributed by atoms with Crippen molar-refractivity contribution in [3.05, 3.63) is 24.0 Å². The molecule has 2 heterocycles. The van der Waals surface area contributed by atoms with Crippen molar-refractivity contribution in [3.8, 4) is 6.07 Å². The van der Waals surface area contributed by atoms with E-state index in [9.17, 15) is 30.0 Å².